The molecule has 2 aliphatic heterocycles. The molecule has 0 saturated carbocycles. The first kappa shape index (κ1) is 36.9. The summed E-state index contributed by atoms with van der Waals surface area (Å²) >= 11 is 8.28. The van der Waals surface area contributed by atoms with Gasteiger partial charge in [-0.25, -0.2) is 18.7 Å². The number of benzene rings is 2. The number of anilines is 1. The molecule has 0 bridgehead atoms. The molecule has 48 heavy (non-hydrogen) atoms. The number of fused-ring (bicyclic) bond motifs is 4. The van der Waals surface area contributed by atoms with E-state index < -0.39 is 0 Å². The highest BCUT2D eigenvalue weighted by Gasteiger charge is 2.20. The minimum Gasteiger partial charge on any atom is -0.493 e. The second-order valence-electron chi connectivity index (χ2n) is 9.83. The highest BCUT2D eigenvalue weighted by molar-refractivity contribution is 9.11. The number of aromatic nitrogens is 8. The van der Waals surface area contributed by atoms with E-state index in [4.69, 9.17) is 15.2 Å². The van der Waals surface area contributed by atoms with Crippen LogP contribution in [0.1, 0.15) is 37.1 Å². The summed E-state index contributed by atoms with van der Waals surface area (Å²) in [5.41, 5.74) is 9.96. The van der Waals surface area contributed by atoms with Gasteiger partial charge in [-0.1, -0.05) is 26.6 Å². The first-order valence-corrected chi connectivity index (χ1v) is 16.7. The summed E-state index contributed by atoms with van der Waals surface area (Å²) in [6.07, 6.45) is 10.1. The third-order valence-corrected chi connectivity index (χ3v) is 9.02. The van der Waals surface area contributed by atoms with Gasteiger partial charge in [0.05, 0.1) is 22.2 Å². The van der Waals surface area contributed by atoms with Crippen LogP contribution in [0.5, 0.6) is 11.5 Å². The van der Waals surface area contributed by atoms with Crippen molar-refractivity contribution in [2.45, 2.75) is 45.9 Å². The summed E-state index contributed by atoms with van der Waals surface area (Å²) < 4.78 is 43.1. The van der Waals surface area contributed by atoms with Gasteiger partial charge in [-0.05, 0) is 62.4 Å². The van der Waals surface area contributed by atoms with Crippen LogP contribution >= 0.6 is 43.6 Å². The normalized spacial score (nSPS) is 12.3. The van der Waals surface area contributed by atoms with Gasteiger partial charge in [0.1, 0.15) is 35.8 Å². The fourth-order valence-corrected chi connectivity index (χ4v) is 6.29. The fraction of sp³-hybridized carbons (Fsp3) is 0.290. The lowest BCUT2D eigenvalue weighted by atomic mass is 10.0. The van der Waals surface area contributed by atoms with Crippen molar-refractivity contribution in [3.63, 3.8) is 0 Å². The van der Waals surface area contributed by atoms with Crippen molar-refractivity contribution in [3.8, 4) is 11.5 Å². The molecule has 8 rings (SSSR count). The minimum atomic E-state index is -0.242. The maximum Gasteiger partial charge on any atom is 0.210 e. The summed E-state index contributed by atoms with van der Waals surface area (Å²) in [7, 11) is 0. The first-order valence-electron chi connectivity index (χ1n) is 13.9. The Morgan fingerprint density at radius 3 is 1.98 bits per heavy atom. The summed E-state index contributed by atoms with van der Waals surface area (Å²) in [4.78, 5) is 8.48. The number of thioether (sulfide) groups is 1. The van der Waals surface area contributed by atoms with Crippen LogP contribution < -0.4 is 20.5 Å². The maximum absolute atomic E-state index is 14.1. The monoisotopic (exact) mass is 806 g/mol. The Kier molecular flexibility index (Phi) is 12.6. The predicted molar refractivity (Wildman–Crippen MR) is 189 cm³/mol. The number of nitrogens with one attached hydrogen (secondary N) is 1. The lowest BCUT2D eigenvalue weighted by Crippen LogP contribution is -2.09. The predicted octanol–water partition coefficient (Wildman–Crippen LogP) is 6.67. The van der Waals surface area contributed by atoms with Gasteiger partial charge >= 0.3 is 0 Å². The highest BCUT2D eigenvalue weighted by atomic mass is 79.9. The molecule has 17 heteroatoms. The van der Waals surface area contributed by atoms with Crippen LogP contribution in [0.4, 0.5) is 14.7 Å². The molecule has 0 radical (unpaired) electrons. The van der Waals surface area contributed by atoms with Gasteiger partial charge in [0.25, 0.3) is 0 Å². The van der Waals surface area contributed by atoms with Crippen molar-refractivity contribution >= 4 is 60.9 Å². The fourth-order valence-electron chi connectivity index (χ4n) is 5.05. The van der Waals surface area contributed by atoms with E-state index in [2.05, 4.69) is 67.5 Å². The molecule has 2 aromatic carbocycles. The molecule has 0 unspecified atom stereocenters. The molecule has 0 spiro atoms. The quantitative estimate of drug-likeness (QED) is 0.142. The van der Waals surface area contributed by atoms with E-state index in [1.165, 1.54) is 12.1 Å². The minimum absolute atomic E-state index is 0. The van der Waals surface area contributed by atoms with Gasteiger partial charge in [0.2, 0.25) is 5.95 Å². The Hall–Kier alpha value is -3.93. The number of nitrogens with two attached hydrogens (primary N) is 1. The van der Waals surface area contributed by atoms with Gasteiger partial charge in [-0.3, -0.25) is 8.80 Å². The van der Waals surface area contributed by atoms with Crippen LogP contribution in [0.15, 0.2) is 63.4 Å². The Balaban J connectivity index is 0.000000172. The second-order valence-corrected chi connectivity index (χ2v) is 12.3. The van der Waals surface area contributed by atoms with E-state index in [0.29, 0.717) is 42.5 Å². The van der Waals surface area contributed by atoms with Gasteiger partial charge in [-0.2, -0.15) is 0 Å². The summed E-state index contributed by atoms with van der Waals surface area (Å²) in [6.45, 7) is 1.81. The first-order chi connectivity index (χ1) is 22.4. The molecule has 3 N–H and O–H groups in total. The second kappa shape index (κ2) is 16.5. The molecule has 6 aromatic rings. The molecule has 0 saturated heterocycles. The van der Waals surface area contributed by atoms with Gasteiger partial charge < -0.3 is 20.5 Å². The van der Waals surface area contributed by atoms with Crippen LogP contribution in [-0.4, -0.2) is 58.6 Å². The van der Waals surface area contributed by atoms with Crippen molar-refractivity contribution in [1.29, 1.82) is 0 Å². The Morgan fingerprint density at radius 1 is 0.833 bits per heavy atom. The van der Waals surface area contributed by atoms with Crippen molar-refractivity contribution in [1.82, 2.24) is 39.2 Å². The van der Waals surface area contributed by atoms with Crippen LogP contribution in [0.25, 0.3) is 11.3 Å². The Morgan fingerprint density at radius 2 is 1.38 bits per heavy atom. The van der Waals surface area contributed by atoms with E-state index in [-0.39, 0.29) is 33.0 Å². The standard InChI is InChI=1S/C14H11BrFN5O.C9H10FNO.C6H5BrN4S.2CH4/c15-10-6-18-14(21-7-19-20-13(10)21)17-5-9-8-3-4-22-12(8)2-1-11(9)16;10-8-1-2-9-6(3-4-12-9)7(8)5-11;1-12-6-8-2-4(7)5-10-9-3-11(5)6;;/h1-2,6-7H,3-5H2,(H,17,18);1-2H,3-5,11H2;2-3H,1H3;2*1H4. The molecule has 0 atom stereocenters. The molecule has 0 amide bonds. The van der Waals surface area contributed by atoms with E-state index in [1.54, 1.807) is 53.3 Å². The van der Waals surface area contributed by atoms with E-state index in [0.717, 1.165) is 55.2 Å². The van der Waals surface area contributed by atoms with Crippen molar-refractivity contribution in [2.24, 2.45) is 5.73 Å². The van der Waals surface area contributed by atoms with Gasteiger partial charge in [-0.15, -0.1) is 20.4 Å². The molecular formula is C31H34Br2F2N10O2S. The largest absolute Gasteiger partial charge is 0.493 e. The number of halogens is 4. The summed E-state index contributed by atoms with van der Waals surface area (Å²) in [6, 6.07) is 6.19. The van der Waals surface area contributed by atoms with Crippen LogP contribution in [0, 0.1) is 11.6 Å². The zero-order chi connectivity index (χ0) is 32.2. The number of nitrogens with zero attached hydrogens (tertiary/aromatic N) is 8. The third-order valence-electron chi connectivity index (χ3n) is 7.24. The zero-order valence-electron chi connectivity index (χ0n) is 24.3. The van der Waals surface area contributed by atoms with Crippen LogP contribution in [-0.2, 0) is 25.9 Å². The number of hydrogen-bond acceptors (Lipinski definition) is 11. The van der Waals surface area contributed by atoms with Crippen molar-refractivity contribution < 1.29 is 18.3 Å². The van der Waals surface area contributed by atoms with Crippen LogP contribution in [0.3, 0.4) is 0 Å². The topological polar surface area (TPSA) is 143 Å². The highest BCUT2D eigenvalue weighted by Crippen LogP contribution is 2.31. The summed E-state index contributed by atoms with van der Waals surface area (Å²) in [5, 5.41) is 19.6. The molecular weight excluding hydrogens is 774 g/mol. The Labute approximate surface area is 297 Å². The molecule has 0 aliphatic carbocycles. The summed E-state index contributed by atoms with van der Waals surface area (Å²) in [5.74, 6) is 1.64. The van der Waals surface area contributed by atoms with E-state index in [1.807, 2.05) is 10.7 Å². The van der Waals surface area contributed by atoms with Gasteiger partial charge in [0, 0.05) is 60.6 Å². The van der Waals surface area contributed by atoms with Gasteiger partial charge in [0.15, 0.2) is 16.5 Å². The van der Waals surface area contributed by atoms with Crippen molar-refractivity contribution in [3.05, 3.63) is 92.1 Å². The lowest BCUT2D eigenvalue weighted by molar-refractivity contribution is 0.356. The molecule has 6 heterocycles. The SMILES string of the molecule is C.C.CSc1ncc(Br)c2nncn12.Fc1ccc2c(c1CNc1ncc(Br)c3nncn13)CCO2.NCc1c(F)ccc2c1CCO2. The molecule has 254 valence electrons. The third kappa shape index (κ3) is 7.53. The number of hydrogen-bond donors (Lipinski definition) is 2. The Bertz CT molecular complexity index is 2030. The van der Waals surface area contributed by atoms with E-state index in [9.17, 15) is 8.78 Å². The van der Waals surface area contributed by atoms with E-state index >= 15 is 0 Å². The molecule has 4 aromatic heterocycles. The van der Waals surface area contributed by atoms with Crippen LogP contribution in [0.2, 0.25) is 0 Å². The molecule has 0 fully saturated rings. The average Bonchev–Trinajstić information content (AvgIpc) is 3.89. The molecule has 12 nitrogen and oxygen atoms in total. The number of rotatable bonds is 5. The molecule has 2 aliphatic rings. The lowest BCUT2D eigenvalue weighted by Gasteiger charge is -2.11. The smallest absolute Gasteiger partial charge is 0.210 e. The number of ether oxygens (including phenoxy) is 2. The van der Waals surface area contributed by atoms with Crippen molar-refractivity contribution in [2.75, 3.05) is 24.8 Å². The maximum atomic E-state index is 14.1. The zero-order valence-corrected chi connectivity index (χ0v) is 28.2. The average molecular weight is 809 g/mol.